The van der Waals surface area contributed by atoms with Crippen LogP contribution in [0.1, 0.15) is 25.1 Å². The molecule has 17 heavy (non-hydrogen) atoms. The summed E-state index contributed by atoms with van der Waals surface area (Å²) >= 11 is 1.70. The first-order valence-electron chi connectivity index (χ1n) is 5.75. The fourth-order valence-electron chi connectivity index (χ4n) is 1.52. The van der Waals surface area contributed by atoms with Crippen LogP contribution in [-0.4, -0.2) is 12.0 Å². The van der Waals surface area contributed by atoms with Crippen molar-refractivity contribution in [2.45, 2.75) is 26.3 Å². The van der Waals surface area contributed by atoms with E-state index in [0.29, 0.717) is 0 Å². The molecular weight excluding hydrogens is 228 g/mol. The Morgan fingerprint density at radius 3 is 2.41 bits per heavy atom. The Hall–Kier alpha value is -1.19. The molecule has 2 nitrogen and oxygen atoms in total. The lowest BCUT2D eigenvalue weighted by atomic mass is 10.0. The van der Waals surface area contributed by atoms with Gasteiger partial charge in [0.25, 0.3) is 0 Å². The van der Waals surface area contributed by atoms with Crippen LogP contribution in [0.5, 0.6) is 0 Å². The Labute approximate surface area is 107 Å². The minimum absolute atomic E-state index is 0.0700. The monoisotopic (exact) mass is 246 g/mol. The second-order valence-corrected chi connectivity index (χ2v) is 5.64. The van der Waals surface area contributed by atoms with Crippen molar-refractivity contribution >= 4 is 11.3 Å². The van der Waals surface area contributed by atoms with Crippen LogP contribution in [-0.2, 0) is 5.54 Å². The second kappa shape index (κ2) is 4.59. The van der Waals surface area contributed by atoms with Gasteiger partial charge in [-0.2, -0.15) is 0 Å². The number of nitrogens with one attached hydrogen (secondary N) is 1. The number of benzene rings is 1. The van der Waals surface area contributed by atoms with E-state index in [1.54, 1.807) is 11.3 Å². The van der Waals surface area contributed by atoms with Crippen molar-refractivity contribution in [3.05, 3.63) is 40.9 Å². The molecule has 0 radical (unpaired) electrons. The number of aryl methyl sites for hydroxylation is 1. The summed E-state index contributed by atoms with van der Waals surface area (Å²) < 4.78 is 0. The lowest BCUT2D eigenvalue weighted by molar-refractivity contribution is 0.434. The van der Waals surface area contributed by atoms with Crippen molar-refractivity contribution in [2.75, 3.05) is 7.05 Å². The molecule has 90 valence electrons. The van der Waals surface area contributed by atoms with Crippen LogP contribution in [0, 0.1) is 6.92 Å². The van der Waals surface area contributed by atoms with Gasteiger partial charge in [-0.3, -0.25) is 0 Å². The molecule has 0 saturated heterocycles. The van der Waals surface area contributed by atoms with Crippen LogP contribution in [0.4, 0.5) is 0 Å². The predicted molar refractivity (Wildman–Crippen MR) is 74.4 cm³/mol. The number of aromatic nitrogens is 1. The Kier molecular flexibility index (Phi) is 3.31. The normalized spacial score (nSPS) is 11.8. The van der Waals surface area contributed by atoms with Gasteiger partial charge >= 0.3 is 0 Å². The summed E-state index contributed by atoms with van der Waals surface area (Å²) in [4.78, 5) is 4.71. The highest BCUT2D eigenvalue weighted by atomic mass is 32.1. The molecule has 1 N–H and O–H groups in total. The Bertz CT molecular complexity index is 497. The second-order valence-electron chi connectivity index (χ2n) is 4.78. The maximum atomic E-state index is 4.71. The third-order valence-corrected chi connectivity index (χ3v) is 3.96. The topological polar surface area (TPSA) is 24.9 Å². The maximum absolute atomic E-state index is 4.71. The van der Waals surface area contributed by atoms with Crippen LogP contribution in [0.3, 0.4) is 0 Å². The molecule has 0 fully saturated rings. The zero-order chi connectivity index (χ0) is 12.5. The first-order valence-corrected chi connectivity index (χ1v) is 6.63. The number of hydrogen-bond donors (Lipinski definition) is 1. The van der Waals surface area contributed by atoms with Crippen molar-refractivity contribution in [1.29, 1.82) is 0 Å². The lowest BCUT2D eigenvalue weighted by Crippen LogP contribution is -2.33. The van der Waals surface area contributed by atoms with Crippen LogP contribution < -0.4 is 5.32 Å². The van der Waals surface area contributed by atoms with Crippen LogP contribution in [0.25, 0.3) is 10.6 Å². The number of nitrogens with zero attached hydrogens (tertiary/aromatic N) is 1. The zero-order valence-electron chi connectivity index (χ0n) is 10.7. The van der Waals surface area contributed by atoms with Gasteiger partial charge in [-0.15, -0.1) is 11.3 Å². The van der Waals surface area contributed by atoms with Crippen LogP contribution >= 0.6 is 11.3 Å². The molecule has 1 aromatic heterocycles. The van der Waals surface area contributed by atoms with E-state index >= 15 is 0 Å². The van der Waals surface area contributed by atoms with Crippen molar-refractivity contribution in [1.82, 2.24) is 10.3 Å². The van der Waals surface area contributed by atoms with Gasteiger partial charge in [0.1, 0.15) is 5.01 Å². The first kappa shape index (κ1) is 12.3. The van der Waals surface area contributed by atoms with E-state index < -0.39 is 0 Å². The molecule has 0 spiro atoms. The van der Waals surface area contributed by atoms with Gasteiger partial charge in [0.05, 0.1) is 11.2 Å². The molecular formula is C14H18N2S. The standard InChI is InChI=1S/C14H18N2S/c1-10-5-7-11(8-6-10)13-16-12(9-17-13)14(2,3)15-4/h5-9,15H,1-4H3. The van der Waals surface area contributed by atoms with Crippen LogP contribution in [0.15, 0.2) is 29.6 Å². The van der Waals surface area contributed by atoms with Gasteiger partial charge in [0.15, 0.2) is 0 Å². The summed E-state index contributed by atoms with van der Waals surface area (Å²) in [5, 5.41) is 6.49. The largest absolute Gasteiger partial charge is 0.310 e. The van der Waals surface area contributed by atoms with E-state index in [9.17, 15) is 0 Å². The van der Waals surface area contributed by atoms with E-state index in [1.807, 2.05) is 7.05 Å². The van der Waals surface area contributed by atoms with E-state index in [0.717, 1.165) is 10.7 Å². The molecule has 0 aliphatic carbocycles. The van der Waals surface area contributed by atoms with Crippen molar-refractivity contribution in [3.8, 4) is 10.6 Å². The number of rotatable bonds is 3. The van der Waals surface area contributed by atoms with Crippen molar-refractivity contribution < 1.29 is 0 Å². The van der Waals surface area contributed by atoms with Crippen molar-refractivity contribution in [2.24, 2.45) is 0 Å². The quantitative estimate of drug-likeness (QED) is 0.895. The van der Waals surface area contributed by atoms with E-state index in [4.69, 9.17) is 4.98 Å². The fourth-order valence-corrected chi connectivity index (χ4v) is 2.51. The fraction of sp³-hybridized carbons (Fsp3) is 0.357. The highest BCUT2D eigenvalue weighted by Gasteiger charge is 2.21. The smallest absolute Gasteiger partial charge is 0.123 e. The molecule has 3 heteroatoms. The van der Waals surface area contributed by atoms with Gasteiger partial charge in [0, 0.05) is 10.9 Å². The van der Waals surface area contributed by atoms with Gasteiger partial charge < -0.3 is 5.32 Å². The Balaban J connectivity index is 2.33. The Morgan fingerprint density at radius 1 is 1.18 bits per heavy atom. The van der Waals surface area contributed by atoms with Crippen LogP contribution in [0.2, 0.25) is 0 Å². The molecule has 0 atom stereocenters. The molecule has 1 heterocycles. The maximum Gasteiger partial charge on any atom is 0.123 e. The highest BCUT2D eigenvalue weighted by Crippen LogP contribution is 2.28. The zero-order valence-corrected chi connectivity index (χ0v) is 11.6. The SMILES string of the molecule is CNC(C)(C)c1csc(-c2ccc(C)cc2)n1. The van der Waals surface area contributed by atoms with Crippen molar-refractivity contribution in [3.63, 3.8) is 0 Å². The predicted octanol–water partition coefficient (Wildman–Crippen LogP) is 3.57. The molecule has 1 aromatic carbocycles. The number of thiazole rings is 1. The molecule has 0 aliphatic heterocycles. The molecule has 0 saturated carbocycles. The van der Waals surface area contributed by atoms with Gasteiger partial charge in [-0.05, 0) is 27.8 Å². The summed E-state index contributed by atoms with van der Waals surface area (Å²) in [5.74, 6) is 0. The molecule has 0 bridgehead atoms. The number of hydrogen-bond acceptors (Lipinski definition) is 3. The average Bonchev–Trinajstić information content (AvgIpc) is 2.80. The van der Waals surface area contributed by atoms with Gasteiger partial charge in [0.2, 0.25) is 0 Å². The molecule has 0 unspecified atom stereocenters. The van der Waals surface area contributed by atoms with E-state index in [1.165, 1.54) is 11.1 Å². The minimum atomic E-state index is -0.0700. The van der Waals surface area contributed by atoms with E-state index in [-0.39, 0.29) is 5.54 Å². The Morgan fingerprint density at radius 2 is 1.82 bits per heavy atom. The molecule has 2 rings (SSSR count). The summed E-state index contributed by atoms with van der Waals surface area (Å²) in [6, 6.07) is 8.51. The van der Waals surface area contributed by atoms with Gasteiger partial charge in [-0.25, -0.2) is 4.98 Å². The van der Waals surface area contributed by atoms with Gasteiger partial charge in [-0.1, -0.05) is 29.8 Å². The molecule has 2 aromatic rings. The third-order valence-electron chi connectivity index (χ3n) is 3.07. The average molecular weight is 246 g/mol. The lowest BCUT2D eigenvalue weighted by Gasteiger charge is -2.21. The summed E-state index contributed by atoms with van der Waals surface area (Å²) in [6.07, 6.45) is 0. The third kappa shape index (κ3) is 2.56. The summed E-state index contributed by atoms with van der Waals surface area (Å²) in [6.45, 7) is 6.38. The molecule has 0 aliphatic rings. The minimum Gasteiger partial charge on any atom is -0.310 e. The highest BCUT2D eigenvalue weighted by molar-refractivity contribution is 7.13. The summed E-state index contributed by atoms with van der Waals surface area (Å²) in [7, 11) is 1.96. The first-order chi connectivity index (χ1) is 8.03. The molecule has 0 amide bonds. The summed E-state index contributed by atoms with van der Waals surface area (Å²) in [5.41, 5.74) is 3.50. The van der Waals surface area contributed by atoms with E-state index in [2.05, 4.69) is 55.7 Å².